The molecule has 6 heteroatoms. The summed E-state index contributed by atoms with van der Waals surface area (Å²) in [4.78, 5) is 16.9. The molecule has 1 saturated heterocycles. The number of carboxylic acid groups (broad SMARTS) is 1. The second-order valence-electron chi connectivity index (χ2n) is 6.68. The number of hydrogen-bond donors (Lipinski definition) is 2. The summed E-state index contributed by atoms with van der Waals surface area (Å²) in [5.74, 6) is 0.406. The first-order valence-electron chi connectivity index (χ1n) is 6.84. The van der Waals surface area contributed by atoms with Gasteiger partial charge >= 0.3 is 6.09 Å². The van der Waals surface area contributed by atoms with E-state index in [1.165, 1.54) is 4.90 Å². The van der Waals surface area contributed by atoms with E-state index in [9.17, 15) is 15.0 Å². The molecule has 1 aromatic heterocycles. The minimum atomic E-state index is -1.09. The van der Waals surface area contributed by atoms with Crippen LogP contribution in [0.2, 0.25) is 0 Å². The third kappa shape index (κ3) is 2.40. The highest BCUT2D eigenvalue weighted by Gasteiger charge is 2.51. The molecule has 0 aromatic carbocycles. The van der Waals surface area contributed by atoms with E-state index >= 15 is 0 Å². The Morgan fingerprint density at radius 3 is 2.60 bits per heavy atom. The molecule has 2 rings (SSSR count). The van der Waals surface area contributed by atoms with Crippen molar-refractivity contribution in [2.45, 2.75) is 32.8 Å². The minimum absolute atomic E-state index is 0.207. The van der Waals surface area contributed by atoms with Crippen LogP contribution < -0.4 is 0 Å². The van der Waals surface area contributed by atoms with Crippen LogP contribution in [0.5, 0.6) is 0 Å². The van der Waals surface area contributed by atoms with E-state index in [-0.39, 0.29) is 11.3 Å². The lowest BCUT2D eigenvalue weighted by Gasteiger charge is -2.48. The molecule has 2 unspecified atom stereocenters. The van der Waals surface area contributed by atoms with Crippen LogP contribution in [0.4, 0.5) is 4.79 Å². The molecule has 2 N–H and O–H groups in total. The second-order valence-corrected chi connectivity index (χ2v) is 6.68. The first-order valence-corrected chi connectivity index (χ1v) is 6.84. The molecule has 6 nitrogen and oxygen atoms in total. The average molecular weight is 281 g/mol. The highest BCUT2D eigenvalue weighted by molar-refractivity contribution is 5.65. The first kappa shape index (κ1) is 14.8. The number of aliphatic hydroxyl groups is 1. The van der Waals surface area contributed by atoms with Gasteiger partial charge in [-0.25, -0.2) is 9.78 Å². The van der Waals surface area contributed by atoms with Crippen LogP contribution in [0.1, 0.15) is 33.0 Å². The number of likely N-dealkylation sites (tertiary alicyclic amines) is 1. The van der Waals surface area contributed by atoms with Crippen molar-refractivity contribution in [2.75, 3.05) is 13.1 Å². The molecule has 1 fully saturated rings. The molecule has 2 atom stereocenters. The van der Waals surface area contributed by atoms with Crippen molar-refractivity contribution in [3.63, 3.8) is 0 Å². The predicted molar refractivity (Wildman–Crippen MR) is 74.3 cm³/mol. The number of piperidine rings is 1. The fourth-order valence-electron chi connectivity index (χ4n) is 3.16. The molecule has 0 radical (unpaired) electrons. The van der Waals surface area contributed by atoms with Crippen LogP contribution in [0.15, 0.2) is 12.4 Å². The Bertz CT molecular complexity index is 506. The Morgan fingerprint density at radius 2 is 2.15 bits per heavy atom. The number of imidazole rings is 1. The van der Waals surface area contributed by atoms with Gasteiger partial charge in [0.2, 0.25) is 0 Å². The number of nitrogens with zero attached hydrogens (tertiary/aromatic N) is 3. The molecule has 0 bridgehead atoms. The van der Waals surface area contributed by atoms with Crippen molar-refractivity contribution in [1.82, 2.24) is 14.5 Å². The van der Waals surface area contributed by atoms with Crippen molar-refractivity contribution in [3.05, 3.63) is 18.2 Å². The van der Waals surface area contributed by atoms with Crippen molar-refractivity contribution < 1.29 is 15.0 Å². The lowest BCUT2D eigenvalue weighted by atomic mass is 9.67. The van der Waals surface area contributed by atoms with E-state index in [2.05, 4.69) is 4.98 Å². The summed E-state index contributed by atoms with van der Waals surface area (Å²) in [6.07, 6.45) is 2.90. The maximum atomic E-state index is 11.2. The van der Waals surface area contributed by atoms with Crippen molar-refractivity contribution >= 4 is 6.09 Å². The quantitative estimate of drug-likeness (QED) is 0.820. The van der Waals surface area contributed by atoms with E-state index in [0.717, 1.165) is 0 Å². The van der Waals surface area contributed by atoms with Crippen LogP contribution in [0, 0.1) is 11.3 Å². The zero-order valence-corrected chi connectivity index (χ0v) is 12.5. The van der Waals surface area contributed by atoms with Crippen molar-refractivity contribution in [3.8, 4) is 0 Å². The minimum Gasteiger partial charge on any atom is -0.465 e. The monoisotopic (exact) mass is 281 g/mol. The lowest BCUT2D eigenvalue weighted by molar-refractivity contribution is -0.117. The average Bonchev–Trinajstić information content (AvgIpc) is 2.74. The third-order valence-corrected chi connectivity index (χ3v) is 4.27. The highest BCUT2D eigenvalue weighted by Crippen LogP contribution is 2.45. The van der Waals surface area contributed by atoms with Gasteiger partial charge in [0, 0.05) is 44.9 Å². The maximum absolute atomic E-state index is 11.2. The summed E-state index contributed by atoms with van der Waals surface area (Å²) >= 11 is 0. The number of hydrogen-bond acceptors (Lipinski definition) is 3. The van der Waals surface area contributed by atoms with E-state index in [1.54, 1.807) is 12.4 Å². The zero-order chi connectivity index (χ0) is 15.1. The molecule has 112 valence electrons. The first-order chi connectivity index (χ1) is 9.16. The summed E-state index contributed by atoms with van der Waals surface area (Å²) in [5, 5.41) is 20.4. The molecule has 20 heavy (non-hydrogen) atoms. The Labute approximate surface area is 119 Å². The topological polar surface area (TPSA) is 78.6 Å². The number of rotatable bonds is 1. The Balaban J connectivity index is 2.41. The van der Waals surface area contributed by atoms with Crippen molar-refractivity contribution in [2.24, 2.45) is 18.4 Å². The van der Waals surface area contributed by atoms with E-state index in [4.69, 9.17) is 0 Å². The number of aryl methyl sites for hydroxylation is 1. The van der Waals surface area contributed by atoms with Gasteiger partial charge in [-0.2, -0.15) is 0 Å². The van der Waals surface area contributed by atoms with Gasteiger partial charge in [0.25, 0.3) is 0 Å². The number of aromatic nitrogens is 2. The summed E-state index contributed by atoms with van der Waals surface area (Å²) in [5.41, 5.74) is -1.32. The SMILES string of the molecule is Cn1ccnc1C1(O)CCN(C(=O)O)CC1C(C)(C)C. The van der Waals surface area contributed by atoms with Gasteiger partial charge in [0.05, 0.1) is 0 Å². The maximum Gasteiger partial charge on any atom is 0.407 e. The second kappa shape index (κ2) is 4.77. The molecule has 2 heterocycles. The van der Waals surface area contributed by atoms with Crippen molar-refractivity contribution in [1.29, 1.82) is 0 Å². The van der Waals surface area contributed by atoms with Gasteiger partial charge in [0.15, 0.2) is 0 Å². The molecule has 0 saturated carbocycles. The zero-order valence-electron chi connectivity index (χ0n) is 12.5. The lowest BCUT2D eigenvalue weighted by Crippen LogP contribution is -2.56. The van der Waals surface area contributed by atoms with Crippen LogP contribution in [-0.2, 0) is 12.6 Å². The van der Waals surface area contributed by atoms with E-state index < -0.39 is 11.7 Å². The Morgan fingerprint density at radius 1 is 1.50 bits per heavy atom. The number of amides is 1. The number of carbonyl (C=O) groups is 1. The van der Waals surface area contributed by atoms with E-state index in [0.29, 0.717) is 25.3 Å². The molecule has 1 aliphatic heterocycles. The van der Waals surface area contributed by atoms with Crippen LogP contribution in [-0.4, -0.2) is 43.8 Å². The molecule has 1 aliphatic rings. The van der Waals surface area contributed by atoms with Gasteiger partial charge in [-0.15, -0.1) is 0 Å². The smallest absolute Gasteiger partial charge is 0.407 e. The standard InChI is InChI=1S/C14H23N3O3/c1-13(2,3)10-9-17(12(18)19)7-5-14(10,20)11-15-6-8-16(11)4/h6,8,10,20H,5,7,9H2,1-4H3,(H,18,19). The Kier molecular flexibility index (Phi) is 3.54. The molecular formula is C14H23N3O3. The third-order valence-electron chi connectivity index (χ3n) is 4.27. The van der Waals surface area contributed by atoms with E-state index in [1.807, 2.05) is 32.4 Å². The van der Waals surface area contributed by atoms with Gasteiger partial charge in [-0.3, -0.25) is 0 Å². The molecule has 1 aromatic rings. The van der Waals surface area contributed by atoms with Crippen LogP contribution in [0.25, 0.3) is 0 Å². The molecule has 1 amide bonds. The fourth-order valence-corrected chi connectivity index (χ4v) is 3.16. The molecule has 0 aliphatic carbocycles. The van der Waals surface area contributed by atoms with Gasteiger partial charge < -0.3 is 19.7 Å². The van der Waals surface area contributed by atoms with Gasteiger partial charge in [-0.1, -0.05) is 20.8 Å². The summed E-state index contributed by atoms with van der Waals surface area (Å²) in [6, 6.07) is 0. The summed E-state index contributed by atoms with van der Waals surface area (Å²) in [7, 11) is 1.85. The van der Waals surface area contributed by atoms with Crippen LogP contribution >= 0.6 is 0 Å². The van der Waals surface area contributed by atoms with Gasteiger partial charge in [-0.05, 0) is 5.41 Å². The van der Waals surface area contributed by atoms with Crippen LogP contribution in [0.3, 0.4) is 0 Å². The highest BCUT2D eigenvalue weighted by atomic mass is 16.4. The summed E-state index contributed by atoms with van der Waals surface area (Å²) in [6.45, 7) is 6.72. The Hall–Kier alpha value is -1.56. The van der Waals surface area contributed by atoms with Gasteiger partial charge in [0.1, 0.15) is 11.4 Å². The molecule has 0 spiro atoms. The largest absolute Gasteiger partial charge is 0.465 e. The summed E-state index contributed by atoms with van der Waals surface area (Å²) < 4.78 is 1.81. The predicted octanol–water partition coefficient (Wildman–Crippen LogP) is 1.65. The molecular weight excluding hydrogens is 258 g/mol. The normalized spacial score (nSPS) is 27.6. The fraction of sp³-hybridized carbons (Fsp3) is 0.714.